The van der Waals surface area contributed by atoms with Crippen LogP contribution in [0.25, 0.3) is 0 Å². The minimum absolute atomic E-state index is 0.0569. The summed E-state index contributed by atoms with van der Waals surface area (Å²) in [5, 5.41) is 0. The Morgan fingerprint density at radius 3 is 2.16 bits per heavy atom. The van der Waals surface area contributed by atoms with E-state index in [0.717, 1.165) is 31.6 Å². The molecule has 0 aliphatic heterocycles. The number of rotatable bonds is 2. The van der Waals surface area contributed by atoms with Gasteiger partial charge in [0.05, 0.1) is 5.92 Å². The van der Waals surface area contributed by atoms with E-state index in [1.807, 2.05) is 30.3 Å². The summed E-state index contributed by atoms with van der Waals surface area (Å²) in [7, 11) is 0. The van der Waals surface area contributed by atoms with Crippen molar-refractivity contribution in [1.29, 1.82) is 0 Å². The second kappa shape index (κ2) is 5.77. The van der Waals surface area contributed by atoms with Gasteiger partial charge in [-0.25, -0.2) is 0 Å². The molecule has 2 rings (SSSR count). The zero-order valence-corrected chi connectivity index (χ0v) is 12.2. The van der Waals surface area contributed by atoms with Gasteiger partial charge >= 0.3 is 5.97 Å². The van der Waals surface area contributed by atoms with Crippen LogP contribution in [0.4, 0.5) is 0 Å². The van der Waals surface area contributed by atoms with Crippen molar-refractivity contribution in [2.75, 3.05) is 0 Å². The van der Waals surface area contributed by atoms with Gasteiger partial charge in [-0.3, -0.25) is 4.79 Å². The quantitative estimate of drug-likeness (QED) is 0.580. The number of hydrogen-bond acceptors (Lipinski definition) is 2. The van der Waals surface area contributed by atoms with Crippen LogP contribution in [0.15, 0.2) is 30.3 Å². The van der Waals surface area contributed by atoms with Crippen LogP contribution in [0.2, 0.25) is 0 Å². The third kappa shape index (κ3) is 3.82. The van der Waals surface area contributed by atoms with E-state index in [1.54, 1.807) is 0 Å². The minimum Gasteiger partial charge on any atom is -0.426 e. The number of benzene rings is 1. The highest BCUT2D eigenvalue weighted by atomic mass is 16.5. The molecule has 1 fully saturated rings. The van der Waals surface area contributed by atoms with Gasteiger partial charge in [-0.2, -0.15) is 0 Å². The molecule has 0 heterocycles. The van der Waals surface area contributed by atoms with E-state index < -0.39 is 0 Å². The third-order valence-corrected chi connectivity index (χ3v) is 4.25. The van der Waals surface area contributed by atoms with E-state index in [9.17, 15) is 4.79 Å². The summed E-state index contributed by atoms with van der Waals surface area (Å²) in [6.07, 6.45) is 4.21. The van der Waals surface area contributed by atoms with E-state index in [0.29, 0.717) is 11.2 Å². The van der Waals surface area contributed by atoms with Crippen molar-refractivity contribution in [3.63, 3.8) is 0 Å². The van der Waals surface area contributed by atoms with Crippen LogP contribution in [0.3, 0.4) is 0 Å². The lowest BCUT2D eigenvalue weighted by atomic mass is 9.70. The molecule has 19 heavy (non-hydrogen) atoms. The highest BCUT2D eigenvalue weighted by molar-refractivity contribution is 5.75. The molecule has 0 unspecified atom stereocenters. The fraction of sp³-hybridized carbons (Fsp3) is 0.588. The van der Waals surface area contributed by atoms with Crippen LogP contribution in [0.1, 0.15) is 46.5 Å². The molecule has 0 aromatic heterocycles. The second-order valence-corrected chi connectivity index (χ2v) is 6.65. The van der Waals surface area contributed by atoms with Crippen molar-refractivity contribution in [2.24, 2.45) is 17.3 Å². The summed E-state index contributed by atoms with van der Waals surface area (Å²) in [5.74, 6) is 1.41. The van der Waals surface area contributed by atoms with Gasteiger partial charge in [0.1, 0.15) is 5.75 Å². The second-order valence-electron chi connectivity index (χ2n) is 6.65. The molecule has 0 spiro atoms. The Morgan fingerprint density at radius 2 is 1.63 bits per heavy atom. The molecule has 0 amide bonds. The van der Waals surface area contributed by atoms with Crippen LogP contribution in [0.5, 0.6) is 5.75 Å². The van der Waals surface area contributed by atoms with E-state index in [1.165, 1.54) is 0 Å². The predicted molar refractivity (Wildman–Crippen MR) is 77.0 cm³/mol. The average Bonchev–Trinajstić information content (AvgIpc) is 2.39. The van der Waals surface area contributed by atoms with Crippen molar-refractivity contribution < 1.29 is 9.53 Å². The molecule has 0 radical (unpaired) electrons. The molecule has 0 bridgehead atoms. The van der Waals surface area contributed by atoms with Gasteiger partial charge in [-0.05, 0) is 49.1 Å². The zero-order valence-electron chi connectivity index (χ0n) is 12.2. The van der Waals surface area contributed by atoms with Crippen molar-refractivity contribution in [3.8, 4) is 5.75 Å². The Labute approximate surface area is 116 Å². The Kier molecular flexibility index (Phi) is 4.28. The van der Waals surface area contributed by atoms with Crippen LogP contribution in [0, 0.1) is 17.3 Å². The summed E-state index contributed by atoms with van der Waals surface area (Å²) in [5.41, 5.74) is 0.355. The predicted octanol–water partition coefficient (Wildman–Crippen LogP) is 4.44. The molecule has 0 N–H and O–H groups in total. The van der Waals surface area contributed by atoms with Crippen molar-refractivity contribution >= 4 is 5.97 Å². The van der Waals surface area contributed by atoms with Crippen molar-refractivity contribution in [3.05, 3.63) is 30.3 Å². The number of carbonyl (C=O) groups excluding carboxylic acids is 1. The molecule has 1 aromatic rings. The number of carbonyl (C=O) groups is 1. The smallest absolute Gasteiger partial charge is 0.314 e. The summed E-state index contributed by atoms with van der Waals surface area (Å²) >= 11 is 0. The lowest BCUT2D eigenvalue weighted by Crippen LogP contribution is -2.30. The lowest BCUT2D eigenvalue weighted by molar-refractivity contribution is -0.140. The molecule has 0 atom stereocenters. The molecule has 2 nitrogen and oxygen atoms in total. The molecule has 104 valence electrons. The summed E-state index contributed by atoms with van der Waals surface area (Å²) in [6.45, 7) is 6.88. The van der Waals surface area contributed by atoms with Crippen LogP contribution >= 0.6 is 0 Å². The zero-order chi connectivity index (χ0) is 13.9. The largest absolute Gasteiger partial charge is 0.426 e. The maximum Gasteiger partial charge on any atom is 0.314 e. The Hall–Kier alpha value is -1.31. The molecule has 2 heteroatoms. The van der Waals surface area contributed by atoms with Gasteiger partial charge in [0.2, 0.25) is 0 Å². The normalized spacial score (nSPS) is 23.9. The third-order valence-electron chi connectivity index (χ3n) is 4.25. The highest BCUT2D eigenvalue weighted by Gasteiger charge is 2.33. The first-order valence-corrected chi connectivity index (χ1v) is 7.23. The van der Waals surface area contributed by atoms with Gasteiger partial charge < -0.3 is 4.74 Å². The lowest BCUT2D eigenvalue weighted by Gasteiger charge is -2.36. The Morgan fingerprint density at radius 1 is 1.05 bits per heavy atom. The SMILES string of the molecule is CC(C)(C)C1CCC(C(=O)Oc2ccccc2)CC1. The topological polar surface area (TPSA) is 26.3 Å². The highest BCUT2D eigenvalue weighted by Crippen LogP contribution is 2.40. The molecule has 1 aliphatic rings. The minimum atomic E-state index is -0.0569. The monoisotopic (exact) mass is 260 g/mol. The van der Waals surface area contributed by atoms with Gasteiger partial charge in [0.25, 0.3) is 0 Å². The first kappa shape index (κ1) is 14.1. The van der Waals surface area contributed by atoms with Crippen molar-refractivity contribution in [2.45, 2.75) is 46.5 Å². The number of para-hydroxylation sites is 1. The summed E-state index contributed by atoms with van der Waals surface area (Å²) in [4.78, 5) is 12.1. The fourth-order valence-electron chi connectivity index (χ4n) is 2.88. The molecule has 1 saturated carbocycles. The van der Waals surface area contributed by atoms with Crippen molar-refractivity contribution in [1.82, 2.24) is 0 Å². The molecular weight excluding hydrogens is 236 g/mol. The number of ether oxygens (including phenoxy) is 1. The van der Waals surface area contributed by atoms with Gasteiger partial charge in [0.15, 0.2) is 0 Å². The molecule has 1 aromatic carbocycles. The number of esters is 1. The Balaban J connectivity index is 1.86. The fourth-order valence-corrected chi connectivity index (χ4v) is 2.88. The van der Waals surface area contributed by atoms with E-state index >= 15 is 0 Å². The Bertz CT molecular complexity index is 409. The van der Waals surface area contributed by atoms with E-state index in [-0.39, 0.29) is 11.9 Å². The van der Waals surface area contributed by atoms with Crippen LogP contribution in [-0.4, -0.2) is 5.97 Å². The molecule has 1 aliphatic carbocycles. The summed E-state index contributed by atoms with van der Waals surface area (Å²) in [6, 6.07) is 9.36. The molecule has 0 saturated heterocycles. The standard InChI is InChI=1S/C17H24O2/c1-17(2,3)14-11-9-13(10-12-14)16(18)19-15-7-5-4-6-8-15/h4-8,13-14H,9-12H2,1-3H3. The molecular formula is C17H24O2. The van der Waals surface area contributed by atoms with Gasteiger partial charge in [0, 0.05) is 0 Å². The van der Waals surface area contributed by atoms with Crippen LogP contribution < -0.4 is 4.74 Å². The van der Waals surface area contributed by atoms with Crippen LogP contribution in [-0.2, 0) is 4.79 Å². The van der Waals surface area contributed by atoms with E-state index in [2.05, 4.69) is 20.8 Å². The van der Waals surface area contributed by atoms with E-state index in [4.69, 9.17) is 4.74 Å². The van der Waals surface area contributed by atoms with Gasteiger partial charge in [-0.15, -0.1) is 0 Å². The number of hydrogen-bond donors (Lipinski definition) is 0. The summed E-state index contributed by atoms with van der Waals surface area (Å²) < 4.78 is 5.44. The average molecular weight is 260 g/mol. The first-order valence-electron chi connectivity index (χ1n) is 7.23. The maximum absolute atomic E-state index is 12.1. The maximum atomic E-state index is 12.1. The first-order chi connectivity index (χ1) is 8.97. The van der Waals surface area contributed by atoms with Gasteiger partial charge in [-0.1, -0.05) is 39.0 Å².